The highest BCUT2D eigenvalue weighted by Crippen LogP contribution is 2.19. The summed E-state index contributed by atoms with van der Waals surface area (Å²) < 4.78 is 50.4. The first-order valence-electron chi connectivity index (χ1n) is 7.55. The minimum atomic E-state index is -3.64. The highest BCUT2D eigenvalue weighted by molar-refractivity contribution is 7.90. The Morgan fingerprint density at radius 2 is 1.38 bits per heavy atom. The molecule has 0 radical (unpaired) electrons. The lowest BCUT2D eigenvalue weighted by Crippen LogP contribution is -2.26. The number of benzene rings is 2. The van der Waals surface area contributed by atoms with Gasteiger partial charge in [0.1, 0.15) is 0 Å². The van der Waals surface area contributed by atoms with Crippen molar-refractivity contribution in [3.8, 4) is 0 Å². The largest absolute Gasteiger partial charge is 0.241 e. The fourth-order valence-electron chi connectivity index (χ4n) is 2.28. The van der Waals surface area contributed by atoms with Gasteiger partial charge in [-0.15, -0.1) is 0 Å². The number of nitrogens with one attached hydrogen (secondary N) is 1. The molecule has 0 saturated heterocycles. The molecule has 0 heterocycles. The quantitative estimate of drug-likeness (QED) is 0.851. The van der Waals surface area contributed by atoms with Gasteiger partial charge in [-0.1, -0.05) is 31.2 Å². The predicted molar refractivity (Wildman–Crippen MR) is 94.1 cm³/mol. The Labute approximate surface area is 143 Å². The van der Waals surface area contributed by atoms with E-state index in [1.54, 1.807) is 43.3 Å². The highest BCUT2D eigenvalue weighted by atomic mass is 32.2. The van der Waals surface area contributed by atoms with Crippen molar-refractivity contribution in [3.05, 3.63) is 59.7 Å². The number of sulfonamides is 1. The Hall–Kier alpha value is -1.70. The Kier molecular flexibility index (Phi) is 5.47. The molecule has 0 saturated carbocycles. The van der Waals surface area contributed by atoms with Crippen molar-refractivity contribution in [2.45, 2.75) is 36.1 Å². The van der Waals surface area contributed by atoms with Crippen molar-refractivity contribution in [3.63, 3.8) is 0 Å². The van der Waals surface area contributed by atoms with Gasteiger partial charge in [-0.25, -0.2) is 21.6 Å². The van der Waals surface area contributed by atoms with Crippen molar-refractivity contribution in [1.82, 2.24) is 4.72 Å². The smallest absolute Gasteiger partial charge is 0.224 e. The summed E-state index contributed by atoms with van der Waals surface area (Å²) in [5.74, 6) is 0. The van der Waals surface area contributed by atoms with E-state index >= 15 is 0 Å². The second kappa shape index (κ2) is 7.04. The molecule has 2 aromatic carbocycles. The van der Waals surface area contributed by atoms with Crippen LogP contribution < -0.4 is 4.72 Å². The van der Waals surface area contributed by atoms with Crippen molar-refractivity contribution < 1.29 is 16.8 Å². The molecule has 0 fully saturated rings. The lowest BCUT2D eigenvalue weighted by Gasteiger charge is -2.15. The number of rotatable bonds is 6. The standard InChI is InChI=1S/C17H21NO4S2/c1-4-14-5-9-17(10-6-14)24(21,22)18-13(2)15-7-11-16(12-8-15)23(3,19)20/h5-13,18H,4H2,1-3H3. The van der Waals surface area contributed by atoms with Crippen LogP contribution in [0.1, 0.15) is 31.0 Å². The molecule has 0 spiro atoms. The van der Waals surface area contributed by atoms with Gasteiger partial charge in [-0.2, -0.15) is 0 Å². The molecule has 0 aromatic heterocycles. The van der Waals surface area contributed by atoms with Gasteiger partial charge in [0.15, 0.2) is 9.84 Å². The summed E-state index contributed by atoms with van der Waals surface area (Å²) in [6, 6.07) is 12.5. The Morgan fingerprint density at radius 1 is 0.875 bits per heavy atom. The molecular formula is C17H21NO4S2. The van der Waals surface area contributed by atoms with E-state index in [9.17, 15) is 16.8 Å². The van der Waals surface area contributed by atoms with Gasteiger partial charge in [0, 0.05) is 12.3 Å². The van der Waals surface area contributed by atoms with Crippen LogP contribution in [0.2, 0.25) is 0 Å². The molecule has 0 amide bonds. The molecule has 5 nitrogen and oxygen atoms in total. The first-order valence-corrected chi connectivity index (χ1v) is 10.9. The monoisotopic (exact) mass is 367 g/mol. The Morgan fingerprint density at radius 3 is 1.83 bits per heavy atom. The molecule has 2 aromatic rings. The fraction of sp³-hybridized carbons (Fsp3) is 0.294. The second-order valence-electron chi connectivity index (χ2n) is 5.68. The first kappa shape index (κ1) is 18.6. The lowest BCUT2D eigenvalue weighted by molar-refractivity contribution is 0.566. The van der Waals surface area contributed by atoms with Crippen molar-refractivity contribution >= 4 is 19.9 Å². The number of aryl methyl sites for hydroxylation is 1. The number of hydrogen-bond donors (Lipinski definition) is 1. The van der Waals surface area contributed by atoms with Crippen LogP contribution in [0.5, 0.6) is 0 Å². The van der Waals surface area contributed by atoms with Gasteiger partial charge in [-0.3, -0.25) is 0 Å². The molecule has 1 N–H and O–H groups in total. The summed E-state index contributed by atoms with van der Waals surface area (Å²) in [4.78, 5) is 0.413. The van der Waals surface area contributed by atoms with Crippen LogP contribution in [0.4, 0.5) is 0 Å². The van der Waals surface area contributed by atoms with Gasteiger partial charge in [0.2, 0.25) is 10.0 Å². The van der Waals surface area contributed by atoms with E-state index in [4.69, 9.17) is 0 Å². The molecule has 0 bridgehead atoms. The van der Waals surface area contributed by atoms with Crippen LogP contribution in [0.15, 0.2) is 58.3 Å². The van der Waals surface area contributed by atoms with E-state index in [1.165, 1.54) is 12.1 Å². The lowest BCUT2D eigenvalue weighted by atomic mass is 10.1. The summed E-state index contributed by atoms with van der Waals surface area (Å²) in [5.41, 5.74) is 1.76. The zero-order valence-corrected chi connectivity index (χ0v) is 15.5. The van der Waals surface area contributed by atoms with Crippen LogP contribution in [-0.2, 0) is 26.3 Å². The maximum Gasteiger partial charge on any atom is 0.241 e. The Balaban J connectivity index is 2.19. The van der Waals surface area contributed by atoms with E-state index in [0.29, 0.717) is 5.56 Å². The molecule has 7 heteroatoms. The van der Waals surface area contributed by atoms with E-state index in [1.807, 2.05) is 6.92 Å². The first-order chi connectivity index (χ1) is 11.1. The molecule has 2 rings (SSSR count). The minimum absolute atomic E-state index is 0.205. The van der Waals surface area contributed by atoms with Crippen LogP contribution in [0, 0.1) is 0 Å². The van der Waals surface area contributed by atoms with Gasteiger partial charge in [-0.05, 0) is 48.7 Å². The van der Waals surface area contributed by atoms with E-state index in [2.05, 4.69) is 4.72 Å². The van der Waals surface area contributed by atoms with Crippen LogP contribution in [0.25, 0.3) is 0 Å². The SMILES string of the molecule is CCc1ccc(S(=O)(=O)NC(C)c2ccc(S(C)(=O)=O)cc2)cc1. The van der Waals surface area contributed by atoms with Crippen LogP contribution in [-0.4, -0.2) is 23.1 Å². The van der Waals surface area contributed by atoms with Crippen molar-refractivity contribution in [1.29, 1.82) is 0 Å². The minimum Gasteiger partial charge on any atom is -0.224 e. The van der Waals surface area contributed by atoms with Crippen LogP contribution >= 0.6 is 0 Å². The molecule has 1 unspecified atom stereocenters. The third kappa shape index (κ3) is 4.43. The van der Waals surface area contributed by atoms with Crippen molar-refractivity contribution in [2.24, 2.45) is 0 Å². The summed E-state index contributed by atoms with van der Waals surface area (Å²) in [7, 11) is -6.91. The average Bonchev–Trinajstić information content (AvgIpc) is 2.54. The number of sulfone groups is 1. The molecule has 0 aliphatic carbocycles. The van der Waals surface area contributed by atoms with Gasteiger partial charge in [0.25, 0.3) is 0 Å². The van der Waals surface area contributed by atoms with E-state index in [-0.39, 0.29) is 9.79 Å². The summed E-state index contributed by atoms with van der Waals surface area (Å²) in [6.45, 7) is 3.72. The van der Waals surface area contributed by atoms with Gasteiger partial charge < -0.3 is 0 Å². The molecule has 0 aliphatic heterocycles. The molecule has 0 aliphatic rings. The molecule has 1 atom stereocenters. The van der Waals surface area contributed by atoms with Gasteiger partial charge >= 0.3 is 0 Å². The second-order valence-corrected chi connectivity index (χ2v) is 9.41. The normalized spacial score (nSPS) is 13.6. The Bertz CT molecular complexity index is 900. The van der Waals surface area contributed by atoms with E-state index in [0.717, 1.165) is 18.2 Å². The van der Waals surface area contributed by atoms with E-state index < -0.39 is 25.9 Å². The summed E-state index contributed by atoms with van der Waals surface area (Å²) in [6.07, 6.45) is 1.98. The number of hydrogen-bond acceptors (Lipinski definition) is 4. The van der Waals surface area contributed by atoms with Crippen LogP contribution in [0.3, 0.4) is 0 Å². The third-order valence-corrected chi connectivity index (χ3v) is 6.47. The van der Waals surface area contributed by atoms with Gasteiger partial charge in [0.05, 0.1) is 9.79 Å². The maximum atomic E-state index is 12.4. The topological polar surface area (TPSA) is 80.3 Å². The molecule has 130 valence electrons. The maximum absolute atomic E-state index is 12.4. The summed E-state index contributed by atoms with van der Waals surface area (Å²) >= 11 is 0. The molecule has 24 heavy (non-hydrogen) atoms. The average molecular weight is 367 g/mol. The highest BCUT2D eigenvalue weighted by Gasteiger charge is 2.18. The fourth-order valence-corrected chi connectivity index (χ4v) is 4.14. The molecular weight excluding hydrogens is 346 g/mol. The third-order valence-electron chi connectivity index (χ3n) is 3.78. The summed E-state index contributed by atoms with van der Waals surface area (Å²) in [5, 5.41) is 0. The predicted octanol–water partition coefficient (Wildman–Crippen LogP) is 2.69. The van der Waals surface area contributed by atoms with Crippen molar-refractivity contribution in [2.75, 3.05) is 6.26 Å². The zero-order chi connectivity index (χ0) is 18.0. The zero-order valence-electron chi connectivity index (χ0n) is 13.9.